The van der Waals surface area contributed by atoms with Gasteiger partial charge in [0.2, 0.25) is 0 Å². The molecule has 2 atom stereocenters. The smallest absolute Gasteiger partial charge is 0.335 e. The van der Waals surface area contributed by atoms with Gasteiger partial charge < -0.3 is 10.6 Å². The summed E-state index contributed by atoms with van der Waals surface area (Å²) in [5, 5.41) is 5.64. The summed E-state index contributed by atoms with van der Waals surface area (Å²) in [5.41, 5.74) is -0.0448. The largest absolute Gasteiger partial charge is 0.416 e. The highest BCUT2D eigenvalue weighted by molar-refractivity contribution is 5.74. The first-order valence-corrected chi connectivity index (χ1v) is 7.57. The van der Waals surface area contributed by atoms with Gasteiger partial charge >= 0.3 is 12.2 Å². The van der Waals surface area contributed by atoms with Gasteiger partial charge in [-0.3, -0.25) is 0 Å². The minimum absolute atomic E-state index is 0.182. The van der Waals surface area contributed by atoms with Crippen LogP contribution in [0.4, 0.5) is 18.0 Å². The number of alkyl halides is 3. The summed E-state index contributed by atoms with van der Waals surface area (Å²) in [5.74, 6) is 0.463. The van der Waals surface area contributed by atoms with Crippen molar-refractivity contribution in [1.29, 1.82) is 0 Å². The Kier molecular flexibility index (Phi) is 5.32. The lowest BCUT2D eigenvalue weighted by atomic mass is 9.86. The number of nitrogens with one attached hydrogen (secondary N) is 2. The Morgan fingerprint density at radius 2 is 1.82 bits per heavy atom. The average molecular weight is 314 g/mol. The number of amides is 2. The molecule has 0 heterocycles. The Balaban J connectivity index is 1.81. The standard InChI is InChI=1S/C16H21F3N2O/c1-11-4-2-3-5-14(11)21-15(22)20-10-12-6-8-13(9-7-12)16(17,18)19/h6-9,11,14H,2-5,10H2,1H3,(H2,20,21,22)/t11-,14-/m0/s1. The van der Waals surface area contributed by atoms with Gasteiger partial charge in [0.25, 0.3) is 0 Å². The molecule has 1 aromatic rings. The van der Waals surface area contributed by atoms with Crippen LogP contribution in [0.15, 0.2) is 24.3 Å². The number of rotatable bonds is 3. The minimum atomic E-state index is -4.33. The van der Waals surface area contributed by atoms with E-state index in [1.165, 1.54) is 18.6 Å². The fourth-order valence-electron chi connectivity index (χ4n) is 2.74. The zero-order valence-electron chi connectivity index (χ0n) is 12.5. The molecule has 0 saturated heterocycles. The predicted octanol–water partition coefficient (Wildman–Crippen LogP) is 4.08. The molecule has 0 bridgehead atoms. The molecule has 122 valence electrons. The molecule has 1 aromatic carbocycles. The topological polar surface area (TPSA) is 41.1 Å². The molecule has 1 saturated carbocycles. The molecule has 0 radical (unpaired) electrons. The third-order valence-corrected chi connectivity index (χ3v) is 4.16. The van der Waals surface area contributed by atoms with Gasteiger partial charge in [0, 0.05) is 12.6 Å². The lowest BCUT2D eigenvalue weighted by Crippen LogP contribution is -2.45. The highest BCUT2D eigenvalue weighted by Crippen LogP contribution is 2.29. The van der Waals surface area contributed by atoms with E-state index >= 15 is 0 Å². The molecule has 22 heavy (non-hydrogen) atoms. The highest BCUT2D eigenvalue weighted by Gasteiger charge is 2.30. The van der Waals surface area contributed by atoms with Crippen molar-refractivity contribution in [3.63, 3.8) is 0 Å². The second-order valence-corrected chi connectivity index (χ2v) is 5.89. The fraction of sp³-hybridized carbons (Fsp3) is 0.562. The molecule has 1 fully saturated rings. The summed E-state index contributed by atoms with van der Waals surface area (Å²) in [6, 6.07) is 4.73. The SMILES string of the molecule is C[C@H]1CCCC[C@@H]1NC(=O)NCc1ccc(C(F)(F)F)cc1. The zero-order valence-corrected chi connectivity index (χ0v) is 12.5. The first-order valence-electron chi connectivity index (χ1n) is 7.57. The van der Waals surface area contributed by atoms with Crippen LogP contribution in [0.1, 0.15) is 43.7 Å². The molecule has 0 aromatic heterocycles. The van der Waals surface area contributed by atoms with Crippen molar-refractivity contribution in [2.24, 2.45) is 5.92 Å². The number of carbonyl (C=O) groups is 1. The van der Waals surface area contributed by atoms with Crippen LogP contribution in [0.25, 0.3) is 0 Å². The lowest BCUT2D eigenvalue weighted by molar-refractivity contribution is -0.137. The molecule has 3 nitrogen and oxygen atoms in total. The van der Waals surface area contributed by atoms with E-state index in [0.717, 1.165) is 31.4 Å². The van der Waals surface area contributed by atoms with Crippen LogP contribution in [-0.4, -0.2) is 12.1 Å². The summed E-state index contributed by atoms with van der Waals surface area (Å²) in [4.78, 5) is 11.9. The van der Waals surface area contributed by atoms with E-state index in [1.807, 2.05) is 0 Å². The molecule has 2 N–H and O–H groups in total. The summed E-state index contributed by atoms with van der Waals surface area (Å²) in [6.45, 7) is 2.34. The van der Waals surface area contributed by atoms with Gasteiger partial charge in [-0.25, -0.2) is 4.79 Å². The van der Waals surface area contributed by atoms with Crippen LogP contribution in [0, 0.1) is 5.92 Å². The van der Waals surface area contributed by atoms with Crippen molar-refractivity contribution in [2.75, 3.05) is 0 Å². The number of halogens is 3. The first kappa shape index (κ1) is 16.6. The molecular formula is C16H21F3N2O. The molecule has 2 amide bonds. The lowest BCUT2D eigenvalue weighted by Gasteiger charge is -2.29. The molecule has 2 rings (SSSR count). The van der Waals surface area contributed by atoms with E-state index in [9.17, 15) is 18.0 Å². The maximum atomic E-state index is 12.5. The van der Waals surface area contributed by atoms with Gasteiger partial charge in [0.15, 0.2) is 0 Å². The van der Waals surface area contributed by atoms with E-state index in [4.69, 9.17) is 0 Å². The monoisotopic (exact) mass is 314 g/mol. The van der Waals surface area contributed by atoms with Gasteiger partial charge in [-0.1, -0.05) is 31.9 Å². The Bertz CT molecular complexity index is 499. The number of urea groups is 1. The van der Waals surface area contributed by atoms with Crippen LogP contribution in [0.5, 0.6) is 0 Å². The highest BCUT2D eigenvalue weighted by atomic mass is 19.4. The van der Waals surface area contributed by atoms with Crippen LogP contribution in [0.2, 0.25) is 0 Å². The van der Waals surface area contributed by atoms with Crippen molar-refractivity contribution >= 4 is 6.03 Å². The Hall–Kier alpha value is -1.72. The van der Waals surface area contributed by atoms with Gasteiger partial charge in [-0.2, -0.15) is 13.2 Å². The Labute approximate surface area is 128 Å². The molecule has 1 aliphatic rings. The van der Waals surface area contributed by atoms with Crippen LogP contribution in [-0.2, 0) is 12.7 Å². The van der Waals surface area contributed by atoms with Crippen LogP contribution < -0.4 is 10.6 Å². The van der Waals surface area contributed by atoms with Crippen molar-refractivity contribution in [3.05, 3.63) is 35.4 Å². The van der Waals surface area contributed by atoms with Crippen molar-refractivity contribution in [3.8, 4) is 0 Å². The second kappa shape index (κ2) is 7.03. The average Bonchev–Trinajstić information content (AvgIpc) is 2.47. The minimum Gasteiger partial charge on any atom is -0.335 e. The summed E-state index contributed by atoms with van der Waals surface area (Å²) >= 11 is 0. The maximum absolute atomic E-state index is 12.5. The van der Waals surface area contributed by atoms with E-state index in [-0.39, 0.29) is 18.6 Å². The summed E-state index contributed by atoms with van der Waals surface area (Å²) in [6.07, 6.45) is 0.0832. The maximum Gasteiger partial charge on any atom is 0.416 e. The van der Waals surface area contributed by atoms with E-state index in [2.05, 4.69) is 17.6 Å². The first-order chi connectivity index (χ1) is 10.4. The van der Waals surface area contributed by atoms with Crippen LogP contribution >= 0.6 is 0 Å². The Morgan fingerprint density at radius 3 is 2.41 bits per heavy atom. The van der Waals surface area contributed by atoms with Gasteiger partial charge in [-0.15, -0.1) is 0 Å². The molecular weight excluding hydrogens is 293 g/mol. The van der Waals surface area contributed by atoms with Gasteiger partial charge in [-0.05, 0) is 36.5 Å². The number of benzene rings is 1. The molecule has 0 unspecified atom stereocenters. The quantitative estimate of drug-likeness (QED) is 0.867. The molecule has 0 spiro atoms. The number of hydrogen-bond donors (Lipinski definition) is 2. The third kappa shape index (κ3) is 4.64. The normalized spacial score (nSPS) is 22.2. The summed E-state index contributed by atoms with van der Waals surface area (Å²) in [7, 11) is 0. The van der Waals surface area contributed by atoms with Crippen LogP contribution in [0.3, 0.4) is 0 Å². The second-order valence-electron chi connectivity index (χ2n) is 5.89. The van der Waals surface area contributed by atoms with Crippen molar-refractivity contribution in [1.82, 2.24) is 10.6 Å². The van der Waals surface area contributed by atoms with Crippen molar-refractivity contribution in [2.45, 2.75) is 51.4 Å². The summed E-state index contributed by atoms with van der Waals surface area (Å²) < 4.78 is 37.4. The zero-order chi connectivity index (χ0) is 16.2. The molecule has 1 aliphatic carbocycles. The predicted molar refractivity (Wildman–Crippen MR) is 78.2 cm³/mol. The number of carbonyl (C=O) groups excluding carboxylic acids is 1. The van der Waals surface area contributed by atoms with E-state index in [0.29, 0.717) is 11.5 Å². The van der Waals surface area contributed by atoms with Gasteiger partial charge in [0.05, 0.1) is 5.56 Å². The molecule has 0 aliphatic heterocycles. The van der Waals surface area contributed by atoms with E-state index < -0.39 is 11.7 Å². The number of hydrogen-bond acceptors (Lipinski definition) is 1. The third-order valence-electron chi connectivity index (χ3n) is 4.16. The molecule has 6 heteroatoms. The fourth-order valence-corrected chi connectivity index (χ4v) is 2.74. The van der Waals surface area contributed by atoms with E-state index in [1.54, 1.807) is 0 Å². The Morgan fingerprint density at radius 1 is 1.18 bits per heavy atom. The van der Waals surface area contributed by atoms with Crippen molar-refractivity contribution < 1.29 is 18.0 Å². The van der Waals surface area contributed by atoms with Gasteiger partial charge in [0.1, 0.15) is 0 Å².